The number of ether oxygens (including phenoxy) is 1. The molecule has 0 saturated carbocycles. The van der Waals surface area contributed by atoms with Crippen molar-refractivity contribution in [3.05, 3.63) is 65.2 Å². The molecule has 0 radical (unpaired) electrons. The molecular formula is C19H19F3N2O3. The summed E-state index contributed by atoms with van der Waals surface area (Å²) in [5.41, 5.74) is 0.466. The molecule has 27 heavy (non-hydrogen) atoms. The van der Waals surface area contributed by atoms with Crippen molar-refractivity contribution >= 4 is 11.8 Å². The molecule has 0 fully saturated rings. The molecular weight excluding hydrogens is 361 g/mol. The van der Waals surface area contributed by atoms with Crippen LogP contribution in [0.4, 0.5) is 13.2 Å². The van der Waals surface area contributed by atoms with Gasteiger partial charge in [-0.05, 0) is 35.9 Å². The molecule has 0 aromatic heterocycles. The Kier molecular flexibility index (Phi) is 6.44. The standard InChI is InChI=1S/C19H19F3N2O3/c1-24(2)18(26)14-8-6-13(7-9-14)11-23-17(25)12-27-16-5-3-4-15(10-16)19(20,21)22/h3-10H,11-12H2,1-2H3,(H,23,25). The number of halogens is 3. The average molecular weight is 380 g/mol. The van der Waals surface area contributed by atoms with Crippen LogP contribution in [0.15, 0.2) is 48.5 Å². The number of carbonyl (C=O) groups excluding carboxylic acids is 2. The van der Waals surface area contributed by atoms with Crippen LogP contribution < -0.4 is 10.1 Å². The van der Waals surface area contributed by atoms with Crippen molar-refractivity contribution < 1.29 is 27.5 Å². The third-order valence-electron chi connectivity index (χ3n) is 3.63. The van der Waals surface area contributed by atoms with Crippen molar-refractivity contribution in [2.24, 2.45) is 0 Å². The van der Waals surface area contributed by atoms with E-state index >= 15 is 0 Å². The van der Waals surface area contributed by atoms with E-state index in [1.54, 1.807) is 38.4 Å². The summed E-state index contributed by atoms with van der Waals surface area (Å²) >= 11 is 0. The molecule has 144 valence electrons. The van der Waals surface area contributed by atoms with Crippen LogP contribution in [-0.4, -0.2) is 37.4 Å². The Balaban J connectivity index is 1.84. The molecule has 0 aliphatic carbocycles. The highest BCUT2D eigenvalue weighted by Crippen LogP contribution is 2.31. The summed E-state index contributed by atoms with van der Waals surface area (Å²) in [4.78, 5) is 25.1. The van der Waals surface area contributed by atoms with E-state index in [4.69, 9.17) is 4.74 Å². The van der Waals surface area contributed by atoms with Gasteiger partial charge < -0.3 is 15.0 Å². The molecule has 0 spiro atoms. The van der Waals surface area contributed by atoms with E-state index in [9.17, 15) is 22.8 Å². The highest BCUT2D eigenvalue weighted by atomic mass is 19.4. The number of rotatable bonds is 6. The van der Waals surface area contributed by atoms with E-state index in [1.165, 1.54) is 17.0 Å². The number of carbonyl (C=O) groups is 2. The second-order valence-corrected chi connectivity index (χ2v) is 5.99. The van der Waals surface area contributed by atoms with Crippen molar-refractivity contribution in [2.75, 3.05) is 20.7 Å². The molecule has 2 amide bonds. The molecule has 0 saturated heterocycles. The van der Waals surface area contributed by atoms with Crippen molar-refractivity contribution in [2.45, 2.75) is 12.7 Å². The lowest BCUT2D eigenvalue weighted by Gasteiger charge is -2.11. The van der Waals surface area contributed by atoms with Gasteiger partial charge in [-0.15, -0.1) is 0 Å². The molecule has 1 N–H and O–H groups in total. The first kappa shape index (κ1) is 20.3. The topological polar surface area (TPSA) is 58.6 Å². The zero-order valence-electron chi connectivity index (χ0n) is 14.8. The van der Waals surface area contributed by atoms with E-state index in [2.05, 4.69) is 5.32 Å². The number of hydrogen-bond donors (Lipinski definition) is 1. The zero-order valence-corrected chi connectivity index (χ0v) is 14.8. The molecule has 2 aromatic carbocycles. The molecule has 0 unspecified atom stereocenters. The van der Waals surface area contributed by atoms with Crippen LogP contribution in [-0.2, 0) is 17.5 Å². The Bertz CT molecular complexity index is 803. The number of alkyl halides is 3. The van der Waals surface area contributed by atoms with E-state index < -0.39 is 24.3 Å². The maximum atomic E-state index is 12.6. The number of nitrogens with one attached hydrogen (secondary N) is 1. The molecule has 5 nitrogen and oxygen atoms in total. The van der Waals surface area contributed by atoms with Crippen molar-refractivity contribution in [1.82, 2.24) is 10.2 Å². The Morgan fingerprint density at radius 3 is 2.33 bits per heavy atom. The van der Waals surface area contributed by atoms with Gasteiger partial charge >= 0.3 is 6.18 Å². The fraction of sp³-hybridized carbons (Fsp3) is 0.263. The minimum Gasteiger partial charge on any atom is -0.484 e. The fourth-order valence-electron chi connectivity index (χ4n) is 2.19. The maximum absolute atomic E-state index is 12.6. The van der Waals surface area contributed by atoms with Crippen LogP contribution in [0.2, 0.25) is 0 Å². The number of amides is 2. The van der Waals surface area contributed by atoms with E-state index in [1.807, 2.05) is 0 Å². The van der Waals surface area contributed by atoms with Crippen LogP contribution >= 0.6 is 0 Å². The third-order valence-corrected chi connectivity index (χ3v) is 3.63. The molecule has 0 heterocycles. The Hall–Kier alpha value is -3.03. The summed E-state index contributed by atoms with van der Waals surface area (Å²) in [5.74, 6) is -0.632. The molecule has 8 heteroatoms. The molecule has 0 aliphatic rings. The van der Waals surface area contributed by atoms with Crippen LogP contribution in [0.1, 0.15) is 21.5 Å². The predicted octanol–water partition coefficient (Wildman–Crippen LogP) is 3.10. The highest BCUT2D eigenvalue weighted by molar-refractivity contribution is 5.93. The second-order valence-electron chi connectivity index (χ2n) is 5.99. The van der Waals surface area contributed by atoms with Gasteiger partial charge in [0.25, 0.3) is 11.8 Å². The van der Waals surface area contributed by atoms with Crippen molar-refractivity contribution in [3.63, 3.8) is 0 Å². The predicted molar refractivity (Wildman–Crippen MR) is 93.2 cm³/mol. The average Bonchev–Trinajstić information content (AvgIpc) is 2.64. The van der Waals surface area contributed by atoms with Gasteiger partial charge in [-0.25, -0.2) is 0 Å². The van der Waals surface area contributed by atoms with Gasteiger partial charge in [0.1, 0.15) is 5.75 Å². The van der Waals surface area contributed by atoms with Gasteiger partial charge in [0.2, 0.25) is 0 Å². The van der Waals surface area contributed by atoms with Gasteiger partial charge in [0.15, 0.2) is 6.61 Å². The number of benzene rings is 2. The van der Waals surface area contributed by atoms with E-state index in [0.717, 1.165) is 17.7 Å². The maximum Gasteiger partial charge on any atom is 0.416 e. The Morgan fingerprint density at radius 1 is 1.07 bits per heavy atom. The Morgan fingerprint density at radius 2 is 1.74 bits per heavy atom. The van der Waals surface area contributed by atoms with Crippen LogP contribution in [0, 0.1) is 0 Å². The van der Waals surface area contributed by atoms with Crippen LogP contribution in [0.3, 0.4) is 0 Å². The van der Waals surface area contributed by atoms with Crippen molar-refractivity contribution in [1.29, 1.82) is 0 Å². The number of hydrogen-bond acceptors (Lipinski definition) is 3. The summed E-state index contributed by atoms with van der Waals surface area (Å²) in [6.07, 6.45) is -4.47. The minimum atomic E-state index is -4.47. The lowest BCUT2D eigenvalue weighted by atomic mass is 10.1. The molecule has 0 atom stereocenters. The normalized spacial score (nSPS) is 11.0. The molecule has 2 rings (SSSR count). The summed E-state index contributed by atoms with van der Waals surface area (Å²) in [7, 11) is 3.31. The summed E-state index contributed by atoms with van der Waals surface area (Å²) in [6.45, 7) is -0.195. The first-order valence-corrected chi connectivity index (χ1v) is 8.04. The zero-order chi connectivity index (χ0) is 20.0. The minimum absolute atomic E-state index is 0.0356. The summed E-state index contributed by atoms with van der Waals surface area (Å²) in [6, 6.07) is 11.1. The first-order chi connectivity index (χ1) is 12.7. The molecule has 0 bridgehead atoms. The lowest BCUT2D eigenvalue weighted by molar-refractivity contribution is -0.137. The van der Waals surface area contributed by atoms with Gasteiger partial charge in [0, 0.05) is 26.2 Å². The summed E-state index contributed by atoms with van der Waals surface area (Å²) < 4.78 is 43.0. The van der Waals surface area contributed by atoms with Gasteiger partial charge in [-0.1, -0.05) is 18.2 Å². The quantitative estimate of drug-likeness (QED) is 0.838. The fourth-order valence-corrected chi connectivity index (χ4v) is 2.19. The lowest BCUT2D eigenvalue weighted by Crippen LogP contribution is -2.28. The van der Waals surface area contributed by atoms with Gasteiger partial charge in [0.05, 0.1) is 5.56 Å². The van der Waals surface area contributed by atoms with Crippen LogP contribution in [0.5, 0.6) is 5.75 Å². The van der Waals surface area contributed by atoms with E-state index in [-0.39, 0.29) is 18.2 Å². The number of nitrogens with zero attached hydrogens (tertiary/aromatic N) is 1. The van der Waals surface area contributed by atoms with Crippen LogP contribution in [0.25, 0.3) is 0 Å². The first-order valence-electron chi connectivity index (χ1n) is 8.04. The van der Waals surface area contributed by atoms with Crippen molar-refractivity contribution in [3.8, 4) is 5.75 Å². The van der Waals surface area contributed by atoms with E-state index in [0.29, 0.717) is 5.56 Å². The van der Waals surface area contributed by atoms with Gasteiger partial charge in [-0.3, -0.25) is 9.59 Å². The highest BCUT2D eigenvalue weighted by Gasteiger charge is 2.30. The SMILES string of the molecule is CN(C)C(=O)c1ccc(CNC(=O)COc2cccc(C(F)(F)F)c2)cc1. The largest absolute Gasteiger partial charge is 0.484 e. The monoisotopic (exact) mass is 380 g/mol. The summed E-state index contributed by atoms with van der Waals surface area (Å²) in [5, 5.41) is 2.60. The van der Waals surface area contributed by atoms with Gasteiger partial charge in [-0.2, -0.15) is 13.2 Å². The Labute approximate surface area is 154 Å². The molecule has 2 aromatic rings. The second kappa shape index (κ2) is 8.57. The third kappa shape index (κ3) is 6.02. The smallest absolute Gasteiger partial charge is 0.416 e. The molecule has 0 aliphatic heterocycles.